The van der Waals surface area contributed by atoms with Crippen molar-refractivity contribution in [3.05, 3.63) is 48.2 Å². The molecule has 0 N–H and O–H groups in total. The van der Waals surface area contributed by atoms with E-state index in [2.05, 4.69) is 37.3 Å². The number of hydrogen-bond donors (Lipinski definition) is 0. The molecule has 101 valence electrons. The van der Waals surface area contributed by atoms with Crippen molar-refractivity contribution in [3.63, 3.8) is 0 Å². The van der Waals surface area contributed by atoms with Gasteiger partial charge >= 0.3 is 0 Å². The summed E-state index contributed by atoms with van der Waals surface area (Å²) in [7, 11) is 4.56. The van der Waals surface area contributed by atoms with E-state index in [0.717, 1.165) is 15.7 Å². The number of fused-ring (bicyclic) bond motifs is 1. The van der Waals surface area contributed by atoms with Crippen LogP contribution in [0.25, 0.3) is 11.3 Å². The smallest absolute Gasteiger partial charge is 0.0812 e. The van der Waals surface area contributed by atoms with Crippen LogP contribution in [0.2, 0.25) is 0 Å². The van der Waals surface area contributed by atoms with Gasteiger partial charge in [-0.1, -0.05) is 30.2 Å². The quantitative estimate of drug-likeness (QED) is 0.501. The molecule has 0 aliphatic carbocycles. The zero-order valence-electron chi connectivity index (χ0n) is 11.3. The maximum atomic E-state index is 4.41. The van der Waals surface area contributed by atoms with Crippen molar-refractivity contribution in [2.75, 3.05) is 20.6 Å². The summed E-state index contributed by atoms with van der Waals surface area (Å²) in [5.74, 6) is 0. The minimum absolute atomic E-state index is 0. The Balaban J connectivity index is 0.00000133. The van der Waals surface area contributed by atoms with Gasteiger partial charge in [-0.05, 0) is 18.2 Å². The second-order valence-corrected chi connectivity index (χ2v) is 5.48. The van der Waals surface area contributed by atoms with Crippen molar-refractivity contribution in [1.29, 1.82) is 0 Å². The molecule has 1 radical (unpaired) electrons. The molecule has 0 amide bonds. The summed E-state index contributed by atoms with van der Waals surface area (Å²) in [5, 5.41) is 0. The van der Waals surface area contributed by atoms with Crippen molar-refractivity contribution in [2.45, 2.75) is 12.8 Å². The topological polar surface area (TPSA) is 12.9 Å². The van der Waals surface area contributed by atoms with Crippen molar-refractivity contribution >= 4 is 5.69 Å². The molecule has 0 saturated carbocycles. The summed E-state index contributed by atoms with van der Waals surface area (Å²) in [4.78, 5) is 4.41. The molecule has 2 heterocycles. The third-order valence-electron chi connectivity index (χ3n) is 3.77. The predicted octanol–water partition coefficient (Wildman–Crippen LogP) is 3.06. The summed E-state index contributed by atoms with van der Waals surface area (Å²) < 4.78 is 0.962. The van der Waals surface area contributed by atoms with Crippen LogP contribution in [0.1, 0.15) is 12.0 Å². The molecule has 0 saturated heterocycles. The van der Waals surface area contributed by atoms with Crippen LogP contribution in [0.15, 0.2) is 36.5 Å². The fourth-order valence-electron chi connectivity index (χ4n) is 2.73. The molecule has 1 aromatic carbocycles. The molecule has 0 atom stereocenters. The van der Waals surface area contributed by atoms with Crippen molar-refractivity contribution in [3.8, 4) is 11.3 Å². The number of nitrogens with zero attached hydrogens (tertiary/aromatic N) is 2. The summed E-state index contributed by atoms with van der Waals surface area (Å²) in [6, 6.07) is 13.8. The van der Waals surface area contributed by atoms with Gasteiger partial charge < -0.3 is 9.47 Å². The molecular formula is C16H18IrN2. The second-order valence-electron chi connectivity index (χ2n) is 5.48. The normalized spacial score (nSPS) is 16.3. The number of hydrogen-bond acceptors (Lipinski definition) is 1. The van der Waals surface area contributed by atoms with E-state index in [1.54, 1.807) is 0 Å². The van der Waals surface area contributed by atoms with Crippen LogP contribution in [0.3, 0.4) is 0 Å². The van der Waals surface area contributed by atoms with Crippen LogP contribution in [-0.4, -0.2) is 25.6 Å². The summed E-state index contributed by atoms with van der Waals surface area (Å²) in [6.07, 6.45) is 4.27. The van der Waals surface area contributed by atoms with Gasteiger partial charge in [-0.2, -0.15) is 0 Å². The molecule has 0 bridgehead atoms. The molecule has 1 aliphatic rings. The Morgan fingerprint density at radius 1 is 1.26 bits per heavy atom. The molecule has 1 aliphatic heterocycles. The molecule has 0 spiro atoms. The molecule has 3 heteroatoms. The Labute approximate surface area is 128 Å². The Morgan fingerprint density at radius 3 is 2.84 bits per heavy atom. The van der Waals surface area contributed by atoms with Gasteiger partial charge in [-0.25, -0.2) is 0 Å². The van der Waals surface area contributed by atoms with E-state index in [0.29, 0.717) is 0 Å². The average Bonchev–Trinajstić information content (AvgIpc) is 2.39. The van der Waals surface area contributed by atoms with Crippen molar-refractivity contribution < 1.29 is 20.1 Å². The van der Waals surface area contributed by atoms with E-state index >= 15 is 0 Å². The van der Waals surface area contributed by atoms with E-state index < -0.39 is 0 Å². The molecule has 19 heavy (non-hydrogen) atoms. The van der Waals surface area contributed by atoms with E-state index in [4.69, 9.17) is 0 Å². The van der Waals surface area contributed by atoms with Gasteiger partial charge in [0.2, 0.25) is 0 Å². The van der Waals surface area contributed by atoms with E-state index in [1.807, 2.05) is 24.4 Å². The molecule has 2 aromatic rings. The number of benzene rings is 1. The zero-order valence-corrected chi connectivity index (χ0v) is 13.7. The van der Waals surface area contributed by atoms with Gasteiger partial charge in [-0.15, -0.1) is 17.7 Å². The van der Waals surface area contributed by atoms with Gasteiger partial charge in [-0.3, -0.25) is 0 Å². The predicted molar refractivity (Wildman–Crippen MR) is 75.3 cm³/mol. The molecule has 1 aromatic heterocycles. The van der Waals surface area contributed by atoms with Crippen molar-refractivity contribution in [2.24, 2.45) is 0 Å². The minimum Gasteiger partial charge on any atom is -0.311 e. The van der Waals surface area contributed by atoms with Crippen LogP contribution in [0.5, 0.6) is 0 Å². The van der Waals surface area contributed by atoms with E-state index in [9.17, 15) is 0 Å². The number of aromatic nitrogens is 1. The second kappa shape index (κ2) is 5.54. The molecular weight excluding hydrogens is 412 g/mol. The molecule has 2 nitrogen and oxygen atoms in total. The Bertz CT molecular complexity index is 564. The van der Waals surface area contributed by atoms with Gasteiger partial charge in [0, 0.05) is 26.3 Å². The first kappa shape index (κ1) is 14.4. The van der Waals surface area contributed by atoms with E-state index in [1.165, 1.54) is 30.6 Å². The minimum atomic E-state index is 0. The first-order valence-corrected chi connectivity index (χ1v) is 6.46. The average molecular weight is 431 g/mol. The number of pyridine rings is 1. The van der Waals surface area contributed by atoms with Crippen LogP contribution in [0.4, 0.5) is 5.69 Å². The maximum Gasteiger partial charge on any atom is 0.0812 e. The van der Waals surface area contributed by atoms with Crippen molar-refractivity contribution in [1.82, 2.24) is 9.47 Å². The van der Waals surface area contributed by atoms with Crippen LogP contribution >= 0.6 is 0 Å². The van der Waals surface area contributed by atoms with E-state index in [-0.39, 0.29) is 20.1 Å². The summed E-state index contributed by atoms with van der Waals surface area (Å²) >= 11 is 0. The van der Waals surface area contributed by atoms with Crippen LogP contribution in [-0.2, 0) is 26.5 Å². The number of aryl methyl sites for hydroxylation is 1. The standard InChI is InChI=1S/C16H18N2.Ir/c1-18(2)11-5-6-13-8-9-14(12-16(13)18)15-7-3-4-10-17-15;/h3-4,7-8,10,12H,5-6,11H2,1-2H3;. The Hall–Kier alpha value is -1.02. The molecule has 3 rings (SSSR count). The Kier molecular flexibility index (Phi) is 4.19. The van der Waals surface area contributed by atoms with Crippen LogP contribution < -0.4 is 4.48 Å². The van der Waals surface area contributed by atoms with Gasteiger partial charge in [0.15, 0.2) is 0 Å². The number of rotatable bonds is 1. The summed E-state index contributed by atoms with van der Waals surface area (Å²) in [5.41, 5.74) is 4.96. The fourth-order valence-corrected chi connectivity index (χ4v) is 2.73. The largest absolute Gasteiger partial charge is 0.311 e. The van der Waals surface area contributed by atoms with Crippen LogP contribution in [0, 0.1) is 6.07 Å². The third-order valence-corrected chi connectivity index (χ3v) is 3.77. The first-order valence-electron chi connectivity index (χ1n) is 6.46. The SMILES string of the molecule is C[N+]1(C)CCCc2c[c-]c(-c3ccccn3)cc21.[Ir]. The Morgan fingerprint density at radius 2 is 2.11 bits per heavy atom. The number of quaternary nitrogens is 1. The molecule has 0 fully saturated rings. The maximum absolute atomic E-state index is 4.41. The summed E-state index contributed by atoms with van der Waals surface area (Å²) in [6.45, 7) is 1.21. The third kappa shape index (κ3) is 2.79. The van der Waals surface area contributed by atoms with Gasteiger partial charge in [0.05, 0.1) is 26.3 Å². The zero-order chi connectivity index (χ0) is 12.6. The monoisotopic (exact) mass is 431 g/mol. The van der Waals surface area contributed by atoms with Gasteiger partial charge in [0.1, 0.15) is 0 Å². The first-order chi connectivity index (χ1) is 8.67. The van der Waals surface area contributed by atoms with Gasteiger partial charge in [0.25, 0.3) is 0 Å². The molecule has 0 unspecified atom stereocenters. The fraction of sp³-hybridized carbons (Fsp3) is 0.312.